The Bertz CT molecular complexity index is 295. The van der Waals surface area contributed by atoms with Crippen molar-refractivity contribution in [1.29, 1.82) is 0 Å². The van der Waals surface area contributed by atoms with Gasteiger partial charge in [0.05, 0.1) is 0 Å². The summed E-state index contributed by atoms with van der Waals surface area (Å²) in [4.78, 5) is 24.4. The van der Waals surface area contributed by atoms with E-state index in [1.165, 1.54) is 18.3 Å². The summed E-state index contributed by atoms with van der Waals surface area (Å²) in [6, 6.07) is 0. The highest BCUT2D eigenvalue weighted by Crippen LogP contribution is 2.08. The minimum atomic E-state index is -0.349. The average Bonchev–Trinajstić information content (AvgIpc) is 2.48. The summed E-state index contributed by atoms with van der Waals surface area (Å²) in [7, 11) is 0. The zero-order valence-electron chi connectivity index (χ0n) is 6.44. The molecule has 64 valence electrons. The van der Waals surface area contributed by atoms with Crippen molar-refractivity contribution < 1.29 is 14.3 Å². The van der Waals surface area contributed by atoms with Crippen molar-refractivity contribution in [2.45, 2.75) is 13.5 Å². The van der Waals surface area contributed by atoms with Crippen LogP contribution in [-0.2, 0) is 16.1 Å². The predicted molar refractivity (Wildman–Crippen MR) is 43.0 cm³/mol. The first-order valence-electron chi connectivity index (χ1n) is 3.25. The van der Waals surface area contributed by atoms with Crippen LogP contribution >= 0.6 is 11.3 Å². The zero-order chi connectivity index (χ0) is 8.97. The second-order valence-electron chi connectivity index (χ2n) is 2.06. The predicted octanol–water partition coefficient (Wildman–Crippen LogP) is 1.02. The number of aldehydes is 1. The average molecular weight is 185 g/mol. The van der Waals surface area contributed by atoms with Gasteiger partial charge < -0.3 is 4.74 Å². The molecule has 0 aliphatic rings. The summed E-state index contributed by atoms with van der Waals surface area (Å²) in [5.74, 6) is -0.349. The Kier molecular flexibility index (Phi) is 2.93. The van der Waals surface area contributed by atoms with Crippen LogP contribution in [0.4, 0.5) is 0 Å². The third-order valence-corrected chi connectivity index (χ3v) is 1.93. The van der Waals surface area contributed by atoms with Crippen molar-refractivity contribution in [2.75, 3.05) is 0 Å². The van der Waals surface area contributed by atoms with Crippen LogP contribution in [0.15, 0.2) is 5.38 Å². The number of carbonyl (C=O) groups is 2. The monoisotopic (exact) mass is 185 g/mol. The minimum absolute atomic E-state index is 0.147. The molecule has 0 N–H and O–H groups in total. The van der Waals surface area contributed by atoms with E-state index in [1.807, 2.05) is 0 Å². The van der Waals surface area contributed by atoms with E-state index in [2.05, 4.69) is 9.72 Å². The SMILES string of the molecule is CC(=O)OCc1nc(C=O)cs1. The van der Waals surface area contributed by atoms with Crippen LogP contribution in [0, 0.1) is 0 Å². The number of hydrogen-bond donors (Lipinski definition) is 0. The highest BCUT2D eigenvalue weighted by Gasteiger charge is 2.01. The molecule has 0 unspecified atom stereocenters. The second-order valence-corrected chi connectivity index (χ2v) is 3.01. The lowest BCUT2D eigenvalue weighted by molar-refractivity contribution is -0.142. The molecule has 0 aromatic carbocycles. The van der Waals surface area contributed by atoms with Crippen molar-refractivity contribution in [3.05, 3.63) is 16.1 Å². The van der Waals surface area contributed by atoms with Gasteiger partial charge in [-0.3, -0.25) is 9.59 Å². The summed E-state index contributed by atoms with van der Waals surface area (Å²) in [6.07, 6.45) is 0.660. The largest absolute Gasteiger partial charge is 0.458 e. The van der Waals surface area contributed by atoms with Gasteiger partial charge in [0.15, 0.2) is 6.29 Å². The molecular formula is C7H7NO3S. The Hall–Kier alpha value is -1.23. The first-order valence-corrected chi connectivity index (χ1v) is 4.13. The quantitative estimate of drug-likeness (QED) is 0.521. The minimum Gasteiger partial charge on any atom is -0.458 e. The summed E-state index contributed by atoms with van der Waals surface area (Å²) in [5, 5.41) is 2.25. The van der Waals surface area contributed by atoms with Crippen LogP contribution in [0.1, 0.15) is 22.4 Å². The van der Waals surface area contributed by atoms with Crippen LogP contribution in [0.5, 0.6) is 0 Å². The van der Waals surface area contributed by atoms with Gasteiger partial charge in [0.25, 0.3) is 0 Å². The van der Waals surface area contributed by atoms with Gasteiger partial charge in [-0.2, -0.15) is 0 Å². The number of ether oxygens (including phenoxy) is 1. The first-order chi connectivity index (χ1) is 5.72. The van der Waals surface area contributed by atoms with E-state index in [1.54, 1.807) is 5.38 Å². The first kappa shape index (κ1) is 8.86. The van der Waals surface area contributed by atoms with Crippen molar-refractivity contribution in [3.8, 4) is 0 Å². The maximum Gasteiger partial charge on any atom is 0.303 e. The van der Waals surface area contributed by atoms with Crippen molar-refractivity contribution in [1.82, 2.24) is 4.98 Å². The number of esters is 1. The highest BCUT2D eigenvalue weighted by molar-refractivity contribution is 7.09. The molecule has 0 saturated heterocycles. The van der Waals surface area contributed by atoms with Crippen LogP contribution < -0.4 is 0 Å². The van der Waals surface area contributed by atoms with Crippen molar-refractivity contribution >= 4 is 23.6 Å². The van der Waals surface area contributed by atoms with Gasteiger partial charge in [-0.05, 0) is 0 Å². The van der Waals surface area contributed by atoms with E-state index < -0.39 is 0 Å². The Balaban J connectivity index is 2.52. The molecule has 1 aromatic rings. The molecule has 0 amide bonds. The molecule has 0 saturated carbocycles. The van der Waals surface area contributed by atoms with E-state index in [4.69, 9.17) is 0 Å². The normalized spacial score (nSPS) is 9.42. The number of thiazole rings is 1. The third kappa shape index (κ3) is 2.43. The molecule has 0 aliphatic heterocycles. The van der Waals surface area contributed by atoms with Crippen LogP contribution in [-0.4, -0.2) is 17.2 Å². The van der Waals surface area contributed by atoms with Gasteiger partial charge in [-0.1, -0.05) is 0 Å². The molecule has 0 spiro atoms. The Labute approximate surface area is 73.2 Å². The fourth-order valence-electron chi connectivity index (χ4n) is 0.609. The molecule has 0 fully saturated rings. The van der Waals surface area contributed by atoms with Gasteiger partial charge >= 0.3 is 5.97 Å². The Morgan fingerprint density at radius 2 is 2.58 bits per heavy atom. The molecule has 4 nitrogen and oxygen atoms in total. The topological polar surface area (TPSA) is 56.3 Å². The Morgan fingerprint density at radius 1 is 1.83 bits per heavy atom. The van der Waals surface area contributed by atoms with Crippen LogP contribution in [0.2, 0.25) is 0 Å². The lowest BCUT2D eigenvalue weighted by atomic mass is 10.5. The third-order valence-electron chi connectivity index (χ3n) is 1.09. The highest BCUT2D eigenvalue weighted by atomic mass is 32.1. The van der Waals surface area contributed by atoms with Crippen molar-refractivity contribution in [3.63, 3.8) is 0 Å². The molecule has 0 radical (unpaired) electrons. The molecule has 5 heteroatoms. The maximum atomic E-state index is 10.4. The molecule has 1 aromatic heterocycles. The number of nitrogens with zero attached hydrogens (tertiary/aromatic N) is 1. The van der Waals surface area contributed by atoms with E-state index in [9.17, 15) is 9.59 Å². The number of rotatable bonds is 3. The van der Waals surface area contributed by atoms with Gasteiger partial charge in [0.1, 0.15) is 17.3 Å². The molecule has 0 aliphatic carbocycles. The van der Waals surface area contributed by atoms with Gasteiger partial charge in [-0.15, -0.1) is 11.3 Å². The van der Waals surface area contributed by atoms with E-state index in [-0.39, 0.29) is 12.6 Å². The fourth-order valence-corrected chi connectivity index (χ4v) is 1.26. The van der Waals surface area contributed by atoms with Crippen molar-refractivity contribution in [2.24, 2.45) is 0 Å². The lowest BCUT2D eigenvalue weighted by Crippen LogP contribution is -1.98. The van der Waals surface area contributed by atoms with Crippen LogP contribution in [0.3, 0.4) is 0 Å². The molecule has 1 heterocycles. The number of aromatic nitrogens is 1. The summed E-state index contributed by atoms with van der Waals surface area (Å²) in [5.41, 5.74) is 0.377. The second kappa shape index (κ2) is 3.96. The van der Waals surface area contributed by atoms with Gasteiger partial charge in [0, 0.05) is 12.3 Å². The van der Waals surface area contributed by atoms with E-state index >= 15 is 0 Å². The van der Waals surface area contributed by atoms with Gasteiger partial charge in [-0.25, -0.2) is 4.98 Å². The fraction of sp³-hybridized carbons (Fsp3) is 0.286. The number of hydrogen-bond acceptors (Lipinski definition) is 5. The van der Waals surface area contributed by atoms with Crippen LogP contribution in [0.25, 0.3) is 0 Å². The standard InChI is InChI=1S/C7H7NO3S/c1-5(10)11-3-7-8-6(2-9)4-12-7/h2,4H,3H2,1H3. The maximum absolute atomic E-state index is 10.4. The smallest absolute Gasteiger partial charge is 0.303 e. The molecule has 0 bridgehead atoms. The zero-order valence-corrected chi connectivity index (χ0v) is 7.26. The molecule has 0 atom stereocenters. The summed E-state index contributed by atoms with van der Waals surface area (Å²) >= 11 is 1.30. The summed E-state index contributed by atoms with van der Waals surface area (Å²) in [6.45, 7) is 1.47. The number of carbonyl (C=O) groups excluding carboxylic acids is 2. The molecule has 12 heavy (non-hydrogen) atoms. The molecule has 1 rings (SSSR count). The lowest BCUT2D eigenvalue weighted by Gasteiger charge is -1.95. The van der Waals surface area contributed by atoms with Gasteiger partial charge in [0.2, 0.25) is 0 Å². The molecular weight excluding hydrogens is 178 g/mol. The van der Waals surface area contributed by atoms with E-state index in [0.29, 0.717) is 17.0 Å². The van der Waals surface area contributed by atoms with E-state index in [0.717, 1.165) is 0 Å². The summed E-state index contributed by atoms with van der Waals surface area (Å²) < 4.78 is 4.68. The Morgan fingerprint density at radius 3 is 3.08 bits per heavy atom.